The molecule has 2 aromatic heterocycles. The lowest BCUT2D eigenvalue weighted by atomic mass is 9.99. The maximum Gasteiger partial charge on any atom is 0.410 e. The van der Waals surface area contributed by atoms with Crippen molar-refractivity contribution in [2.24, 2.45) is 0 Å². The number of rotatable bonds is 7. The van der Waals surface area contributed by atoms with E-state index in [1.165, 1.54) is 28.6 Å². The molecule has 2 atom stereocenters. The molecule has 0 N–H and O–H groups in total. The first-order valence-corrected chi connectivity index (χ1v) is 18.0. The van der Waals surface area contributed by atoms with Gasteiger partial charge in [-0.1, -0.05) is 42.1 Å². The number of ether oxygens (including phenoxy) is 2. The molecule has 5 heterocycles. The molecule has 2 fully saturated rings. The fourth-order valence-electron chi connectivity index (χ4n) is 7.24. The summed E-state index contributed by atoms with van der Waals surface area (Å²) in [6.45, 7) is 16.3. The number of hydrogen-bond donors (Lipinski definition) is 0. The number of piperazine rings is 1. The topological polar surface area (TPSA) is 93.2 Å². The largest absolute Gasteiger partial charge is 0.445 e. The van der Waals surface area contributed by atoms with Crippen molar-refractivity contribution in [3.8, 4) is 0 Å². The SMILES string of the molecule is [C-]#[N+]C[C@H]1CN(c2nc(SC)nc3c2CCN(c2c(C)c(C)cc4c2cnn4C2CCCCO2)C3)CCN1C(=O)OCc1ccccc1. The third kappa shape index (κ3) is 6.29. The minimum Gasteiger partial charge on any atom is -0.445 e. The van der Waals surface area contributed by atoms with Crippen LogP contribution in [-0.2, 0) is 29.0 Å². The Balaban J connectivity index is 1.14. The molecule has 3 aliphatic heterocycles. The predicted molar refractivity (Wildman–Crippen MR) is 187 cm³/mol. The van der Waals surface area contributed by atoms with Gasteiger partial charge in [-0.2, -0.15) is 5.10 Å². The first kappa shape index (κ1) is 32.2. The predicted octanol–water partition coefficient (Wildman–Crippen LogP) is 6.17. The lowest BCUT2D eigenvalue weighted by Crippen LogP contribution is -2.57. The Morgan fingerprint density at radius 2 is 1.98 bits per heavy atom. The number of benzene rings is 2. The highest BCUT2D eigenvalue weighted by molar-refractivity contribution is 7.98. The van der Waals surface area contributed by atoms with Gasteiger partial charge in [-0.25, -0.2) is 26.0 Å². The average molecular weight is 667 g/mol. The number of aromatic nitrogens is 4. The molecule has 4 aromatic rings. The molecule has 48 heavy (non-hydrogen) atoms. The molecule has 2 aromatic carbocycles. The molecule has 0 aliphatic carbocycles. The number of thioether (sulfide) groups is 1. The Labute approximate surface area is 286 Å². The summed E-state index contributed by atoms with van der Waals surface area (Å²) in [4.78, 5) is 33.3. The van der Waals surface area contributed by atoms with Gasteiger partial charge >= 0.3 is 6.09 Å². The van der Waals surface area contributed by atoms with Crippen molar-refractivity contribution in [1.29, 1.82) is 0 Å². The third-order valence-electron chi connectivity index (χ3n) is 9.86. The lowest BCUT2D eigenvalue weighted by molar-refractivity contribution is -0.0366. The second-order valence-electron chi connectivity index (χ2n) is 12.8. The van der Waals surface area contributed by atoms with E-state index in [1.54, 1.807) is 4.90 Å². The molecule has 250 valence electrons. The van der Waals surface area contributed by atoms with E-state index >= 15 is 0 Å². The number of anilines is 2. The number of carbonyl (C=O) groups excluding carboxylic acids is 1. The summed E-state index contributed by atoms with van der Waals surface area (Å²) in [5, 5.41) is 6.72. The van der Waals surface area contributed by atoms with Crippen LogP contribution in [0.5, 0.6) is 0 Å². The summed E-state index contributed by atoms with van der Waals surface area (Å²) < 4.78 is 13.9. The number of amides is 1. The summed E-state index contributed by atoms with van der Waals surface area (Å²) in [6, 6.07) is 11.6. The van der Waals surface area contributed by atoms with Crippen molar-refractivity contribution >= 4 is 40.3 Å². The van der Waals surface area contributed by atoms with Crippen LogP contribution in [0.3, 0.4) is 0 Å². The molecule has 12 heteroatoms. The van der Waals surface area contributed by atoms with Crippen LogP contribution < -0.4 is 9.80 Å². The van der Waals surface area contributed by atoms with Crippen molar-refractivity contribution in [1.82, 2.24) is 24.6 Å². The van der Waals surface area contributed by atoms with E-state index < -0.39 is 0 Å². The Hall–Kier alpha value is -4.34. The van der Waals surface area contributed by atoms with Gasteiger partial charge in [-0.05, 0) is 68.5 Å². The summed E-state index contributed by atoms with van der Waals surface area (Å²) >= 11 is 1.54. The molecule has 1 amide bonds. The molecular formula is C36H42N8O3S. The zero-order chi connectivity index (χ0) is 33.2. The minimum atomic E-state index is -0.379. The molecule has 1 unspecified atom stereocenters. The second kappa shape index (κ2) is 14.0. The first-order chi connectivity index (χ1) is 23.4. The number of aryl methyl sites for hydroxylation is 1. The molecule has 7 rings (SSSR count). The number of carbonyl (C=O) groups is 1. The van der Waals surface area contributed by atoms with Crippen molar-refractivity contribution in [2.75, 3.05) is 55.4 Å². The van der Waals surface area contributed by atoms with Crippen LogP contribution in [-0.4, -0.2) is 82.4 Å². The lowest BCUT2D eigenvalue weighted by Gasteiger charge is -2.41. The summed E-state index contributed by atoms with van der Waals surface area (Å²) in [5.41, 5.74) is 7.93. The summed E-state index contributed by atoms with van der Waals surface area (Å²) in [6.07, 6.45) is 7.63. The van der Waals surface area contributed by atoms with Gasteiger partial charge in [0.05, 0.1) is 29.6 Å². The molecule has 11 nitrogen and oxygen atoms in total. The van der Waals surface area contributed by atoms with Crippen LogP contribution in [0.25, 0.3) is 15.7 Å². The highest BCUT2D eigenvalue weighted by Gasteiger charge is 2.36. The maximum absolute atomic E-state index is 13.2. The third-order valence-corrected chi connectivity index (χ3v) is 10.4. The van der Waals surface area contributed by atoms with Crippen LogP contribution in [0.2, 0.25) is 0 Å². The van der Waals surface area contributed by atoms with Gasteiger partial charge in [0.2, 0.25) is 6.54 Å². The second-order valence-corrected chi connectivity index (χ2v) is 13.6. The van der Waals surface area contributed by atoms with E-state index in [-0.39, 0.29) is 31.5 Å². The monoisotopic (exact) mass is 666 g/mol. The molecule has 0 saturated carbocycles. The van der Waals surface area contributed by atoms with Crippen LogP contribution in [0.15, 0.2) is 47.8 Å². The fourth-order valence-corrected chi connectivity index (χ4v) is 7.62. The highest BCUT2D eigenvalue weighted by atomic mass is 32.2. The van der Waals surface area contributed by atoms with Gasteiger partial charge < -0.3 is 24.1 Å². The highest BCUT2D eigenvalue weighted by Crippen LogP contribution is 2.39. The van der Waals surface area contributed by atoms with E-state index in [9.17, 15) is 4.79 Å². The molecule has 0 radical (unpaired) electrons. The van der Waals surface area contributed by atoms with Gasteiger partial charge in [0.1, 0.15) is 18.5 Å². The molecule has 0 bridgehead atoms. The molecule has 2 saturated heterocycles. The molecular weight excluding hydrogens is 625 g/mol. The first-order valence-electron chi connectivity index (χ1n) is 16.8. The zero-order valence-electron chi connectivity index (χ0n) is 27.9. The number of nitrogens with zero attached hydrogens (tertiary/aromatic N) is 8. The van der Waals surface area contributed by atoms with Gasteiger partial charge in [0.25, 0.3) is 0 Å². The van der Waals surface area contributed by atoms with E-state index in [0.29, 0.717) is 26.2 Å². The molecule has 3 aliphatic rings. The summed E-state index contributed by atoms with van der Waals surface area (Å²) in [5.74, 6) is 0.921. The van der Waals surface area contributed by atoms with Crippen molar-refractivity contribution in [3.63, 3.8) is 0 Å². The van der Waals surface area contributed by atoms with Crippen molar-refractivity contribution in [3.05, 3.63) is 82.0 Å². The Morgan fingerprint density at radius 1 is 1.12 bits per heavy atom. The van der Waals surface area contributed by atoms with Gasteiger partial charge in [0, 0.05) is 43.7 Å². The Morgan fingerprint density at radius 3 is 2.75 bits per heavy atom. The number of fused-ring (bicyclic) bond motifs is 2. The Kier molecular flexibility index (Phi) is 9.41. The van der Waals surface area contributed by atoms with Gasteiger partial charge in [0.15, 0.2) is 11.4 Å². The Bertz CT molecular complexity index is 1830. The van der Waals surface area contributed by atoms with E-state index in [0.717, 1.165) is 77.5 Å². The fraction of sp³-hybridized carbons (Fsp3) is 0.472. The summed E-state index contributed by atoms with van der Waals surface area (Å²) in [7, 11) is 0. The van der Waals surface area contributed by atoms with Crippen LogP contribution >= 0.6 is 11.8 Å². The van der Waals surface area contributed by atoms with Crippen LogP contribution in [0.1, 0.15) is 53.4 Å². The average Bonchev–Trinajstić information content (AvgIpc) is 3.54. The normalized spacial score (nSPS) is 19.7. The minimum absolute atomic E-state index is 0.0226. The molecule has 0 spiro atoms. The maximum atomic E-state index is 13.2. The quantitative estimate of drug-likeness (QED) is 0.130. The van der Waals surface area contributed by atoms with E-state index in [4.69, 9.17) is 31.1 Å². The van der Waals surface area contributed by atoms with E-state index in [2.05, 4.69) is 39.2 Å². The van der Waals surface area contributed by atoms with Crippen LogP contribution in [0, 0.1) is 20.4 Å². The van der Waals surface area contributed by atoms with Gasteiger partial charge in [-0.15, -0.1) is 0 Å². The van der Waals surface area contributed by atoms with Crippen molar-refractivity contribution < 1.29 is 14.3 Å². The van der Waals surface area contributed by atoms with Crippen LogP contribution in [0.4, 0.5) is 16.3 Å². The zero-order valence-corrected chi connectivity index (χ0v) is 28.7. The smallest absolute Gasteiger partial charge is 0.410 e. The van der Waals surface area contributed by atoms with Gasteiger partial charge in [-0.3, -0.25) is 4.90 Å². The number of hydrogen-bond acceptors (Lipinski definition) is 9. The van der Waals surface area contributed by atoms with E-state index in [1.807, 2.05) is 42.8 Å². The van der Waals surface area contributed by atoms with Crippen molar-refractivity contribution in [2.45, 2.75) is 70.1 Å². The standard InChI is InChI=1S/C36H42N8O3S/c1-24-18-31-29(20-38-44(31)32-12-8-9-17-46-32)33(25(24)2)41-14-13-28-30(22-41)39-35(48-4)40-34(28)42-15-16-43(27(21-42)19-37-3)36(45)47-23-26-10-6-5-7-11-26/h5-7,10-11,18,20,27,32H,8-9,12-17,19,21-23H2,1-2,4H3/t27-,32?/m0/s1.